The quantitative estimate of drug-likeness (QED) is 0.616. The Labute approximate surface area is 89.3 Å². The highest BCUT2D eigenvalue weighted by Gasteiger charge is 2.09. The van der Waals surface area contributed by atoms with E-state index in [0.29, 0.717) is 4.88 Å². The van der Waals surface area contributed by atoms with Gasteiger partial charge in [-0.1, -0.05) is 6.58 Å². The van der Waals surface area contributed by atoms with Crippen molar-refractivity contribution in [3.8, 4) is 0 Å². The Balaban J connectivity index is 2.54. The van der Waals surface area contributed by atoms with Gasteiger partial charge in [-0.15, -0.1) is 11.3 Å². The number of thiophene rings is 1. The van der Waals surface area contributed by atoms with Gasteiger partial charge in [0.2, 0.25) is 0 Å². The van der Waals surface area contributed by atoms with Crippen molar-refractivity contribution in [1.82, 2.24) is 0 Å². The molecule has 0 fully saturated rings. The van der Waals surface area contributed by atoms with Crippen LogP contribution >= 0.6 is 27.3 Å². The van der Waals surface area contributed by atoms with E-state index < -0.39 is 0 Å². The van der Waals surface area contributed by atoms with Gasteiger partial charge in [-0.2, -0.15) is 0 Å². The van der Waals surface area contributed by atoms with E-state index in [1.807, 2.05) is 13.0 Å². The predicted molar refractivity (Wildman–Crippen MR) is 57.1 cm³/mol. The van der Waals surface area contributed by atoms with Crippen LogP contribution < -0.4 is 0 Å². The van der Waals surface area contributed by atoms with Gasteiger partial charge in [0, 0.05) is 0 Å². The number of carbonyl (C=O) groups excluding carboxylic acids is 1. The molecule has 0 aliphatic rings. The molecule has 0 bridgehead atoms. The molecular weight excluding hydrogens is 252 g/mol. The first-order chi connectivity index (χ1) is 6.09. The lowest BCUT2D eigenvalue weighted by molar-refractivity contribution is 0.0546. The van der Waals surface area contributed by atoms with Crippen LogP contribution in [0, 0.1) is 0 Å². The summed E-state index contributed by atoms with van der Waals surface area (Å²) in [6.45, 7) is 5.75. The molecule has 1 heterocycles. The fraction of sp³-hybridized carbons (Fsp3) is 0.222. The highest BCUT2D eigenvalue weighted by atomic mass is 79.9. The summed E-state index contributed by atoms with van der Waals surface area (Å²) in [5.41, 5.74) is 0.837. The van der Waals surface area contributed by atoms with Crippen LogP contribution in [0.2, 0.25) is 0 Å². The Morgan fingerprint density at radius 2 is 2.38 bits per heavy atom. The average molecular weight is 261 g/mol. The normalized spacial score (nSPS) is 9.69. The van der Waals surface area contributed by atoms with Gasteiger partial charge in [-0.05, 0) is 40.6 Å². The van der Waals surface area contributed by atoms with E-state index in [9.17, 15) is 4.79 Å². The summed E-state index contributed by atoms with van der Waals surface area (Å²) in [4.78, 5) is 11.9. The molecule has 0 aliphatic heterocycles. The van der Waals surface area contributed by atoms with Gasteiger partial charge < -0.3 is 4.74 Å². The van der Waals surface area contributed by atoms with Crippen molar-refractivity contribution in [3.63, 3.8) is 0 Å². The first-order valence-electron chi connectivity index (χ1n) is 3.66. The second-order valence-corrected chi connectivity index (χ2v) is 5.10. The number of hydrogen-bond acceptors (Lipinski definition) is 3. The van der Waals surface area contributed by atoms with Crippen LogP contribution in [0.3, 0.4) is 0 Å². The summed E-state index contributed by atoms with van der Waals surface area (Å²) in [5.74, 6) is -0.293. The van der Waals surface area contributed by atoms with E-state index in [1.165, 1.54) is 11.3 Å². The van der Waals surface area contributed by atoms with E-state index in [0.717, 1.165) is 9.36 Å². The third-order valence-corrected chi connectivity index (χ3v) is 2.83. The smallest absolute Gasteiger partial charge is 0.348 e. The molecule has 13 heavy (non-hydrogen) atoms. The molecule has 0 amide bonds. The van der Waals surface area contributed by atoms with E-state index in [4.69, 9.17) is 4.74 Å². The van der Waals surface area contributed by atoms with Crippen molar-refractivity contribution in [3.05, 3.63) is 32.9 Å². The van der Waals surface area contributed by atoms with Crippen LogP contribution in [-0.4, -0.2) is 12.6 Å². The molecule has 1 aromatic rings. The maximum Gasteiger partial charge on any atom is 0.348 e. The molecule has 0 aliphatic carbocycles. The Morgan fingerprint density at radius 3 is 2.85 bits per heavy atom. The minimum Gasteiger partial charge on any atom is -0.457 e. The molecule has 70 valence electrons. The van der Waals surface area contributed by atoms with Gasteiger partial charge in [0.1, 0.15) is 11.5 Å². The van der Waals surface area contributed by atoms with Crippen molar-refractivity contribution in [2.45, 2.75) is 6.92 Å². The highest BCUT2D eigenvalue weighted by Crippen LogP contribution is 2.22. The zero-order valence-electron chi connectivity index (χ0n) is 7.17. The van der Waals surface area contributed by atoms with Crippen molar-refractivity contribution in [1.29, 1.82) is 0 Å². The van der Waals surface area contributed by atoms with Crippen LogP contribution in [0.15, 0.2) is 28.1 Å². The third kappa shape index (κ3) is 3.32. The Bertz CT molecular complexity index is 330. The molecule has 0 radical (unpaired) electrons. The second kappa shape index (κ2) is 4.58. The Hall–Kier alpha value is -0.610. The molecule has 0 spiro atoms. The van der Waals surface area contributed by atoms with Gasteiger partial charge in [0.25, 0.3) is 0 Å². The van der Waals surface area contributed by atoms with Crippen LogP contribution in [0.4, 0.5) is 0 Å². The maximum absolute atomic E-state index is 11.3. The average Bonchev–Trinajstić information content (AvgIpc) is 2.47. The van der Waals surface area contributed by atoms with Gasteiger partial charge in [-0.3, -0.25) is 0 Å². The summed E-state index contributed by atoms with van der Waals surface area (Å²) < 4.78 is 5.88. The van der Waals surface area contributed by atoms with Crippen LogP contribution in [0.1, 0.15) is 16.6 Å². The van der Waals surface area contributed by atoms with E-state index in [-0.39, 0.29) is 12.6 Å². The number of hydrogen-bond donors (Lipinski definition) is 0. The second-order valence-electron chi connectivity index (χ2n) is 2.64. The van der Waals surface area contributed by atoms with Gasteiger partial charge in [-0.25, -0.2) is 4.79 Å². The molecular formula is C9H9BrO2S. The molecule has 0 saturated heterocycles. The molecule has 0 aromatic carbocycles. The van der Waals surface area contributed by atoms with E-state index in [1.54, 1.807) is 6.07 Å². The first kappa shape index (κ1) is 10.5. The fourth-order valence-corrected chi connectivity index (χ4v) is 1.96. The van der Waals surface area contributed by atoms with Crippen molar-refractivity contribution >= 4 is 33.2 Å². The number of esters is 1. The SMILES string of the molecule is C=C(C)COC(=O)c1ccc(Br)s1. The molecule has 0 N–H and O–H groups in total. The molecule has 2 nitrogen and oxygen atoms in total. The van der Waals surface area contributed by atoms with Gasteiger partial charge in [0.15, 0.2) is 0 Å². The molecule has 1 aromatic heterocycles. The summed E-state index contributed by atoms with van der Waals surface area (Å²) in [6.07, 6.45) is 0. The van der Waals surface area contributed by atoms with Crippen molar-refractivity contribution in [2.75, 3.05) is 6.61 Å². The summed E-state index contributed by atoms with van der Waals surface area (Å²) in [7, 11) is 0. The topological polar surface area (TPSA) is 26.3 Å². The van der Waals surface area contributed by atoms with E-state index in [2.05, 4.69) is 22.5 Å². The lowest BCUT2D eigenvalue weighted by Gasteiger charge is -2.00. The third-order valence-electron chi connectivity index (χ3n) is 1.22. The zero-order valence-corrected chi connectivity index (χ0v) is 9.57. The van der Waals surface area contributed by atoms with Crippen molar-refractivity contribution < 1.29 is 9.53 Å². The van der Waals surface area contributed by atoms with Gasteiger partial charge >= 0.3 is 5.97 Å². The highest BCUT2D eigenvalue weighted by molar-refractivity contribution is 9.11. The number of ether oxygens (including phenoxy) is 1. The summed E-state index contributed by atoms with van der Waals surface area (Å²) in [6, 6.07) is 3.55. The standard InChI is InChI=1S/C9H9BrO2S/c1-6(2)5-12-9(11)7-3-4-8(10)13-7/h3-4H,1,5H2,2H3. The molecule has 1 rings (SSSR count). The minimum atomic E-state index is -0.293. The molecule has 0 atom stereocenters. The van der Waals surface area contributed by atoms with Gasteiger partial charge in [0.05, 0.1) is 3.79 Å². The van der Waals surface area contributed by atoms with Crippen molar-refractivity contribution in [2.24, 2.45) is 0 Å². The zero-order chi connectivity index (χ0) is 9.84. The number of rotatable bonds is 3. The van der Waals surface area contributed by atoms with E-state index >= 15 is 0 Å². The first-order valence-corrected chi connectivity index (χ1v) is 5.27. The monoisotopic (exact) mass is 260 g/mol. The molecule has 0 unspecified atom stereocenters. The Kier molecular flexibility index (Phi) is 3.69. The lowest BCUT2D eigenvalue weighted by Crippen LogP contribution is -2.04. The van der Waals surface area contributed by atoms with Crippen LogP contribution in [-0.2, 0) is 4.74 Å². The minimum absolute atomic E-state index is 0.286. The predicted octanol–water partition coefficient (Wildman–Crippen LogP) is 3.24. The largest absolute Gasteiger partial charge is 0.457 e. The Morgan fingerprint density at radius 1 is 1.69 bits per heavy atom. The van der Waals surface area contributed by atoms with Crippen LogP contribution in [0.25, 0.3) is 0 Å². The fourth-order valence-electron chi connectivity index (χ4n) is 0.684. The maximum atomic E-state index is 11.3. The lowest BCUT2D eigenvalue weighted by atomic mass is 10.4. The number of carbonyl (C=O) groups is 1. The summed E-state index contributed by atoms with van der Waals surface area (Å²) in [5, 5.41) is 0. The summed E-state index contributed by atoms with van der Waals surface area (Å²) >= 11 is 4.63. The van der Waals surface area contributed by atoms with Crippen LogP contribution in [0.5, 0.6) is 0 Å². The molecule has 0 saturated carbocycles. The molecule has 4 heteroatoms. The number of halogens is 1.